The van der Waals surface area contributed by atoms with Crippen LogP contribution in [0.1, 0.15) is 34.7 Å². The molecule has 2 aliphatic heterocycles. The summed E-state index contributed by atoms with van der Waals surface area (Å²) in [6, 6.07) is 7.23. The summed E-state index contributed by atoms with van der Waals surface area (Å²) < 4.78 is 10.1. The Hall–Kier alpha value is -1.92. The van der Waals surface area contributed by atoms with Gasteiger partial charge in [0.1, 0.15) is 0 Å². The number of methoxy groups -OCH3 is 1. The molecule has 0 saturated carbocycles. The first-order valence-electron chi connectivity index (χ1n) is 8.96. The summed E-state index contributed by atoms with van der Waals surface area (Å²) in [5.74, 6) is -0.260. The normalized spacial score (nSPS) is 22.0. The Bertz CT molecular complexity index is 596. The first-order chi connectivity index (χ1) is 12.2. The molecule has 2 heterocycles. The van der Waals surface area contributed by atoms with Gasteiger partial charge < -0.3 is 14.4 Å². The van der Waals surface area contributed by atoms with Crippen molar-refractivity contribution < 1.29 is 19.1 Å². The average molecular weight is 346 g/mol. The summed E-state index contributed by atoms with van der Waals surface area (Å²) >= 11 is 0. The van der Waals surface area contributed by atoms with Crippen LogP contribution in [0.15, 0.2) is 24.3 Å². The van der Waals surface area contributed by atoms with Crippen LogP contribution < -0.4 is 0 Å². The number of rotatable bonds is 5. The predicted octanol–water partition coefficient (Wildman–Crippen LogP) is 1.51. The van der Waals surface area contributed by atoms with Gasteiger partial charge in [0.05, 0.1) is 31.8 Å². The Labute approximate surface area is 148 Å². The van der Waals surface area contributed by atoms with Crippen molar-refractivity contribution in [2.75, 3.05) is 53.0 Å². The Morgan fingerprint density at radius 3 is 2.56 bits per heavy atom. The van der Waals surface area contributed by atoms with Crippen molar-refractivity contribution in [3.8, 4) is 0 Å². The van der Waals surface area contributed by atoms with E-state index in [4.69, 9.17) is 9.47 Å². The van der Waals surface area contributed by atoms with Crippen LogP contribution in [0, 0.1) is 0 Å². The van der Waals surface area contributed by atoms with E-state index in [1.54, 1.807) is 12.1 Å². The van der Waals surface area contributed by atoms with E-state index in [0.29, 0.717) is 5.56 Å². The van der Waals surface area contributed by atoms with E-state index in [2.05, 4.69) is 4.90 Å². The van der Waals surface area contributed by atoms with Crippen molar-refractivity contribution in [2.45, 2.75) is 18.8 Å². The monoisotopic (exact) mass is 346 g/mol. The second-order valence-corrected chi connectivity index (χ2v) is 6.59. The lowest BCUT2D eigenvalue weighted by Gasteiger charge is -2.35. The fourth-order valence-electron chi connectivity index (χ4n) is 3.53. The Morgan fingerprint density at radius 2 is 1.88 bits per heavy atom. The minimum atomic E-state index is -0.353. The van der Waals surface area contributed by atoms with Gasteiger partial charge >= 0.3 is 5.97 Å². The van der Waals surface area contributed by atoms with Crippen molar-refractivity contribution in [3.63, 3.8) is 0 Å². The smallest absolute Gasteiger partial charge is 0.337 e. The summed E-state index contributed by atoms with van der Waals surface area (Å²) in [7, 11) is 1.37. The number of benzene rings is 1. The SMILES string of the molecule is COC(=O)c1ccc(C2CCCN(CCN3CCOCC3)C2=O)cc1. The molecule has 6 nitrogen and oxygen atoms in total. The van der Waals surface area contributed by atoms with E-state index in [1.165, 1.54) is 7.11 Å². The van der Waals surface area contributed by atoms with Gasteiger partial charge in [-0.3, -0.25) is 9.69 Å². The lowest BCUT2D eigenvalue weighted by molar-refractivity contribution is -0.135. The fourth-order valence-corrected chi connectivity index (χ4v) is 3.53. The molecule has 0 N–H and O–H groups in total. The third kappa shape index (κ3) is 4.38. The lowest BCUT2D eigenvalue weighted by Crippen LogP contribution is -2.46. The van der Waals surface area contributed by atoms with Gasteiger partial charge in [-0.1, -0.05) is 12.1 Å². The van der Waals surface area contributed by atoms with E-state index in [0.717, 1.165) is 64.3 Å². The molecule has 0 aliphatic carbocycles. The molecular weight excluding hydrogens is 320 g/mol. The Kier molecular flexibility index (Phi) is 6.04. The zero-order chi connectivity index (χ0) is 17.6. The van der Waals surface area contributed by atoms with Crippen LogP contribution in [0.25, 0.3) is 0 Å². The molecule has 2 aliphatic rings. The molecule has 1 unspecified atom stereocenters. The van der Waals surface area contributed by atoms with Crippen molar-refractivity contribution >= 4 is 11.9 Å². The Balaban J connectivity index is 1.60. The van der Waals surface area contributed by atoms with Crippen LogP contribution in [0.5, 0.6) is 0 Å². The highest BCUT2D eigenvalue weighted by atomic mass is 16.5. The largest absolute Gasteiger partial charge is 0.465 e. The van der Waals surface area contributed by atoms with Crippen molar-refractivity contribution in [1.29, 1.82) is 0 Å². The van der Waals surface area contributed by atoms with E-state index in [1.807, 2.05) is 17.0 Å². The van der Waals surface area contributed by atoms with E-state index in [-0.39, 0.29) is 17.8 Å². The number of hydrogen-bond donors (Lipinski definition) is 0. The molecule has 1 amide bonds. The number of esters is 1. The van der Waals surface area contributed by atoms with Gasteiger partial charge in [-0.15, -0.1) is 0 Å². The quantitative estimate of drug-likeness (QED) is 0.757. The highest BCUT2D eigenvalue weighted by Crippen LogP contribution is 2.28. The van der Waals surface area contributed by atoms with Crippen LogP contribution in [0.2, 0.25) is 0 Å². The second kappa shape index (κ2) is 8.45. The average Bonchev–Trinajstić information content (AvgIpc) is 2.67. The lowest BCUT2D eigenvalue weighted by atomic mass is 9.89. The standard InChI is InChI=1S/C19H26N2O4/c1-24-19(23)16-6-4-15(5-7-16)17-3-2-8-21(18(17)22)10-9-20-11-13-25-14-12-20/h4-7,17H,2-3,8-14H2,1H3. The molecule has 2 fully saturated rings. The zero-order valence-corrected chi connectivity index (χ0v) is 14.8. The molecule has 2 saturated heterocycles. The fraction of sp³-hybridized carbons (Fsp3) is 0.579. The second-order valence-electron chi connectivity index (χ2n) is 6.59. The molecule has 0 aromatic heterocycles. The molecular formula is C19H26N2O4. The number of likely N-dealkylation sites (tertiary alicyclic amines) is 1. The van der Waals surface area contributed by atoms with Gasteiger partial charge in [-0.25, -0.2) is 4.79 Å². The maximum atomic E-state index is 12.9. The molecule has 1 aromatic carbocycles. The van der Waals surface area contributed by atoms with Crippen LogP contribution in [-0.4, -0.2) is 74.7 Å². The zero-order valence-electron chi connectivity index (χ0n) is 14.8. The Morgan fingerprint density at radius 1 is 1.16 bits per heavy atom. The van der Waals surface area contributed by atoms with Gasteiger partial charge in [0, 0.05) is 32.7 Å². The molecule has 6 heteroatoms. The van der Waals surface area contributed by atoms with E-state index < -0.39 is 0 Å². The van der Waals surface area contributed by atoms with Gasteiger partial charge in [0.25, 0.3) is 0 Å². The molecule has 0 radical (unpaired) electrons. The third-order valence-corrected chi connectivity index (χ3v) is 5.05. The van der Waals surface area contributed by atoms with Gasteiger partial charge in [0.15, 0.2) is 0 Å². The van der Waals surface area contributed by atoms with Gasteiger partial charge in [-0.05, 0) is 30.5 Å². The summed E-state index contributed by atoms with van der Waals surface area (Å²) in [5.41, 5.74) is 1.49. The maximum absolute atomic E-state index is 12.9. The number of hydrogen-bond acceptors (Lipinski definition) is 5. The summed E-state index contributed by atoms with van der Waals surface area (Å²) in [5, 5.41) is 0. The summed E-state index contributed by atoms with van der Waals surface area (Å²) in [6.07, 6.45) is 1.88. The topological polar surface area (TPSA) is 59.1 Å². The summed E-state index contributed by atoms with van der Waals surface area (Å²) in [4.78, 5) is 28.7. The number of piperidine rings is 1. The van der Waals surface area contributed by atoms with E-state index >= 15 is 0 Å². The molecule has 0 bridgehead atoms. The van der Waals surface area contributed by atoms with Crippen molar-refractivity contribution in [3.05, 3.63) is 35.4 Å². The van der Waals surface area contributed by atoms with Crippen LogP contribution >= 0.6 is 0 Å². The van der Waals surface area contributed by atoms with Gasteiger partial charge in [0.2, 0.25) is 5.91 Å². The number of carbonyl (C=O) groups is 2. The van der Waals surface area contributed by atoms with Gasteiger partial charge in [-0.2, -0.15) is 0 Å². The van der Waals surface area contributed by atoms with Crippen LogP contribution in [0.3, 0.4) is 0 Å². The number of morpholine rings is 1. The first-order valence-corrected chi connectivity index (χ1v) is 8.96. The molecule has 3 rings (SSSR count). The molecule has 136 valence electrons. The number of amides is 1. The number of nitrogens with zero attached hydrogens (tertiary/aromatic N) is 2. The molecule has 25 heavy (non-hydrogen) atoms. The molecule has 1 aromatic rings. The van der Waals surface area contributed by atoms with Crippen LogP contribution in [0.4, 0.5) is 0 Å². The highest BCUT2D eigenvalue weighted by Gasteiger charge is 2.30. The minimum absolute atomic E-state index is 0.106. The summed E-state index contributed by atoms with van der Waals surface area (Å²) in [6.45, 7) is 5.96. The van der Waals surface area contributed by atoms with E-state index in [9.17, 15) is 9.59 Å². The van der Waals surface area contributed by atoms with Crippen molar-refractivity contribution in [2.24, 2.45) is 0 Å². The predicted molar refractivity (Wildman–Crippen MR) is 93.6 cm³/mol. The highest BCUT2D eigenvalue weighted by molar-refractivity contribution is 5.90. The third-order valence-electron chi connectivity index (χ3n) is 5.05. The van der Waals surface area contributed by atoms with Crippen molar-refractivity contribution in [1.82, 2.24) is 9.80 Å². The van der Waals surface area contributed by atoms with Crippen LogP contribution in [-0.2, 0) is 14.3 Å². The minimum Gasteiger partial charge on any atom is -0.465 e. The molecule has 1 atom stereocenters. The first kappa shape index (κ1) is 17.9. The number of ether oxygens (including phenoxy) is 2. The molecule has 0 spiro atoms. The number of carbonyl (C=O) groups excluding carboxylic acids is 2. The maximum Gasteiger partial charge on any atom is 0.337 e.